The number of carbonyl (C=O) groups is 1. The van der Waals surface area contributed by atoms with Crippen molar-refractivity contribution in [3.63, 3.8) is 0 Å². The Morgan fingerprint density at radius 3 is 2.58 bits per heavy atom. The Morgan fingerprint density at radius 2 is 1.96 bits per heavy atom. The van der Waals surface area contributed by atoms with E-state index in [1.807, 2.05) is 24.1 Å². The van der Waals surface area contributed by atoms with Crippen LogP contribution in [0.3, 0.4) is 0 Å². The van der Waals surface area contributed by atoms with Gasteiger partial charge in [-0.15, -0.1) is 0 Å². The van der Waals surface area contributed by atoms with Gasteiger partial charge < -0.3 is 4.90 Å². The fourth-order valence-corrected chi connectivity index (χ4v) is 3.59. The fourth-order valence-electron chi connectivity index (χ4n) is 3.59. The third kappa shape index (κ3) is 4.30. The van der Waals surface area contributed by atoms with E-state index in [2.05, 4.69) is 23.8 Å². The Bertz CT molecular complexity index is 741. The monoisotopic (exact) mass is 358 g/mol. The molecule has 1 fully saturated rings. The maximum absolute atomic E-state index is 13.2. The molecule has 0 bridgehead atoms. The molecule has 1 aliphatic rings. The number of carbonyl (C=O) groups excluding carboxylic acids is 1. The van der Waals surface area contributed by atoms with E-state index in [1.54, 1.807) is 16.9 Å². The van der Waals surface area contributed by atoms with Crippen LogP contribution in [-0.2, 0) is 13.6 Å². The van der Waals surface area contributed by atoms with Gasteiger partial charge >= 0.3 is 0 Å². The Morgan fingerprint density at radius 1 is 1.23 bits per heavy atom. The summed E-state index contributed by atoms with van der Waals surface area (Å²) in [6.07, 6.45) is 2.72. The summed E-state index contributed by atoms with van der Waals surface area (Å²) in [4.78, 5) is 17.2. The zero-order chi connectivity index (χ0) is 18.7. The molecule has 0 radical (unpaired) electrons. The third-order valence-electron chi connectivity index (χ3n) is 5.04. The highest BCUT2D eigenvalue weighted by molar-refractivity contribution is 5.92. The number of amides is 1. The van der Waals surface area contributed by atoms with Crippen LogP contribution < -0.4 is 0 Å². The predicted molar refractivity (Wildman–Crippen MR) is 99.2 cm³/mol. The Kier molecular flexibility index (Phi) is 5.71. The minimum absolute atomic E-state index is 0.000109. The number of hydrogen-bond donors (Lipinski definition) is 0. The van der Waals surface area contributed by atoms with E-state index in [0.29, 0.717) is 18.2 Å². The first-order valence-corrected chi connectivity index (χ1v) is 9.21. The van der Waals surface area contributed by atoms with Crippen molar-refractivity contribution in [1.82, 2.24) is 19.6 Å². The van der Waals surface area contributed by atoms with Gasteiger partial charge in [0.05, 0.1) is 0 Å². The van der Waals surface area contributed by atoms with Crippen molar-refractivity contribution in [3.05, 3.63) is 53.6 Å². The van der Waals surface area contributed by atoms with Crippen molar-refractivity contribution in [3.8, 4) is 0 Å². The molecule has 3 rings (SSSR count). The lowest BCUT2D eigenvalue weighted by molar-refractivity contribution is 0.0696. The summed E-state index contributed by atoms with van der Waals surface area (Å²) in [5.41, 5.74) is 1.60. The second-order valence-electron chi connectivity index (χ2n) is 7.39. The zero-order valence-corrected chi connectivity index (χ0v) is 15.7. The molecule has 0 saturated carbocycles. The summed E-state index contributed by atoms with van der Waals surface area (Å²) in [6, 6.07) is 8.73. The van der Waals surface area contributed by atoms with Gasteiger partial charge in [-0.05, 0) is 36.1 Å². The van der Waals surface area contributed by atoms with Gasteiger partial charge in [0.15, 0.2) is 0 Å². The normalized spacial score (nSPS) is 19.0. The summed E-state index contributed by atoms with van der Waals surface area (Å²) in [7, 11) is 1.82. The van der Waals surface area contributed by atoms with E-state index in [9.17, 15) is 9.18 Å². The number of nitrogens with zero attached hydrogens (tertiary/aromatic N) is 4. The first kappa shape index (κ1) is 18.6. The van der Waals surface area contributed by atoms with E-state index in [4.69, 9.17) is 0 Å². The second-order valence-corrected chi connectivity index (χ2v) is 7.39. The number of halogens is 1. The van der Waals surface area contributed by atoms with Gasteiger partial charge in [-0.1, -0.05) is 26.0 Å². The van der Waals surface area contributed by atoms with E-state index in [-0.39, 0.29) is 17.8 Å². The molecule has 0 spiro atoms. The van der Waals surface area contributed by atoms with E-state index < -0.39 is 0 Å². The van der Waals surface area contributed by atoms with E-state index in [1.165, 1.54) is 12.1 Å². The quantitative estimate of drug-likeness (QED) is 0.844. The molecule has 1 amide bonds. The molecule has 26 heavy (non-hydrogen) atoms. The number of aromatic nitrogens is 2. The molecule has 5 nitrogen and oxygen atoms in total. The molecular weight excluding hydrogens is 331 g/mol. The summed E-state index contributed by atoms with van der Waals surface area (Å²) in [6.45, 7) is 7.50. The number of aryl methyl sites for hydroxylation is 1. The first-order chi connectivity index (χ1) is 12.4. The third-order valence-corrected chi connectivity index (χ3v) is 5.04. The molecule has 0 unspecified atom stereocenters. The van der Waals surface area contributed by atoms with Gasteiger partial charge in [0, 0.05) is 45.5 Å². The fraction of sp³-hybridized carbons (Fsp3) is 0.500. The van der Waals surface area contributed by atoms with Crippen LogP contribution in [-0.4, -0.2) is 51.2 Å². The number of hydrogen-bond acceptors (Lipinski definition) is 3. The SMILES string of the molecule is CC(C)[C@@H]1CN(C(=O)c2ccn(C)n2)CCCN1Cc1ccc(F)cc1. The summed E-state index contributed by atoms with van der Waals surface area (Å²) in [5, 5.41) is 4.26. The molecular formula is C20H27FN4O. The van der Waals surface area contributed by atoms with Crippen LogP contribution in [0.1, 0.15) is 36.3 Å². The van der Waals surface area contributed by atoms with Crippen LogP contribution in [0.25, 0.3) is 0 Å². The number of benzene rings is 1. The molecule has 1 aromatic carbocycles. The summed E-state index contributed by atoms with van der Waals surface area (Å²) in [5.74, 6) is 0.199. The lowest BCUT2D eigenvalue weighted by atomic mass is 10.0. The molecule has 1 atom stereocenters. The average Bonchev–Trinajstić information content (AvgIpc) is 2.93. The predicted octanol–water partition coefficient (Wildman–Crippen LogP) is 2.93. The van der Waals surface area contributed by atoms with Gasteiger partial charge in [-0.2, -0.15) is 5.10 Å². The topological polar surface area (TPSA) is 41.4 Å². The van der Waals surface area contributed by atoms with Gasteiger partial charge in [-0.3, -0.25) is 14.4 Å². The van der Waals surface area contributed by atoms with Crippen molar-refractivity contribution < 1.29 is 9.18 Å². The van der Waals surface area contributed by atoms with Crippen LogP contribution in [0, 0.1) is 11.7 Å². The van der Waals surface area contributed by atoms with Crippen LogP contribution in [0.2, 0.25) is 0 Å². The highest BCUT2D eigenvalue weighted by Crippen LogP contribution is 2.21. The summed E-state index contributed by atoms with van der Waals surface area (Å²) < 4.78 is 14.8. The Hall–Kier alpha value is -2.21. The van der Waals surface area contributed by atoms with Crippen molar-refractivity contribution in [2.24, 2.45) is 13.0 Å². The molecule has 2 heterocycles. The summed E-state index contributed by atoms with van der Waals surface area (Å²) >= 11 is 0. The lowest BCUT2D eigenvalue weighted by Gasteiger charge is -2.34. The highest BCUT2D eigenvalue weighted by atomic mass is 19.1. The standard InChI is InChI=1S/C20H27FN4O/c1-15(2)19-14-25(20(26)18-9-12-23(3)22-18)11-4-10-24(19)13-16-5-7-17(21)8-6-16/h5-9,12,15,19H,4,10-11,13-14H2,1-3H3/t19-/m0/s1. The van der Waals surface area contributed by atoms with Gasteiger partial charge in [0.2, 0.25) is 0 Å². The van der Waals surface area contributed by atoms with Crippen LogP contribution in [0.4, 0.5) is 4.39 Å². The number of rotatable bonds is 4. The van der Waals surface area contributed by atoms with Crippen molar-refractivity contribution >= 4 is 5.91 Å². The Labute approximate surface area is 154 Å². The smallest absolute Gasteiger partial charge is 0.274 e. The molecule has 1 aliphatic heterocycles. The molecule has 140 valence electrons. The molecule has 0 aliphatic carbocycles. The van der Waals surface area contributed by atoms with E-state index >= 15 is 0 Å². The van der Waals surface area contributed by atoms with Crippen LogP contribution in [0.15, 0.2) is 36.5 Å². The molecule has 0 N–H and O–H groups in total. The molecule has 2 aromatic rings. The van der Waals surface area contributed by atoms with Gasteiger partial charge in [-0.25, -0.2) is 4.39 Å². The first-order valence-electron chi connectivity index (χ1n) is 9.21. The molecule has 6 heteroatoms. The maximum Gasteiger partial charge on any atom is 0.274 e. The van der Waals surface area contributed by atoms with Crippen LogP contribution >= 0.6 is 0 Å². The van der Waals surface area contributed by atoms with Gasteiger partial charge in [0.25, 0.3) is 5.91 Å². The Balaban J connectivity index is 1.74. The largest absolute Gasteiger partial charge is 0.336 e. The van der Waals surface area contributed by atoms with Crippen molar-refractivity contribution in [2.75, 3.05) is 19.6 Å². The zero-order valence-electron chi connectivity index (χ0n) is 15.7. The second kappa shape index (κ2) is 7.99. The van der Waals surface area contributed by atoms with Crippen molar-refractivity contribution in [1.29, 1.82) is 0 Å². The average molecular weight is 358 g/mol. The molecule has 1 saturated heterocycles. The van der Waals surface area contributed by atoms with Crippen molar-refractivity contribution in [2.45, 2.75) is 32.9 Å². The maximum atomic E-state index is 13.2. The van der Waals surface area contributed by atoms with Crippen LogP contribution in [0.5, 0.6) is 0 Å². The molecule has 1 aromatic heterocycles. The lowest BCUT2D eigenvalue weighted by Crippen LogP contribution is -2.45. The van der Waals surface area contributed by atoms with E-state index in [0.717, 1.165) is 31.6 Å². The minimum atomic E-state index is -0.211. The minimum Gasteiger partial charge on any atom is -0.336 e. The van der Waals surface area contributed by atoms with Gasteiger partial charge in [0.1, 0.15) is 11.5 Å². The highest BCUT2D eigenvalue weighted by Gasteiger charge is 2.30.